The van der Waals surface area contributed by atoms with E-state index in [-0.39, 0.29) is 5.97 Å². The predicted molar refractivity (Wildman–Crippen MR) is 79.8 cm³/mol. The normalized spacial score (nSPS) is 10.8. The molecule has 1 heterocycles. The highest BCUT2D eigenvalue weighted by Gasteiger charge is 2.05. The lowest BCUT2D eigenvalue weighted by Gasteiger charge is -2.01. The van der Waals surface area contributed by atoms with Gasteiger partial charge < -0.3 is 9.15 Å². The third-order valence-electron chi connectivity index (χ3n) is 2.83. The van der Waals surface area contributed by atoms with Gasteiger partial charge in [0.25, 0.3) is 5.22 Å². The Kier molecular flexibility index (Phi) is 5.92. The first-order valence-electron chi connectivity index (χ1n) is 6.93. The summed E-state index contributed by atoms with van der Waals surface area (Å²) >= 11 is 1.62. The summed E-state index contributed by atoms with van der Waals surface area (Å²) in [7, 11) is 0. The van der Waals surface area contributed by atoms with Crippen LogP contribution in [0.2, 0.25) is 0 Å². The molecule has 2 aromatic rings. The number of rotatable bonds is 8. The lowest BCUT2D eigenvalue weighted by molar-refractivity contribution is -0.143. The van der Waals surface area contributed by atoms with Crippen molar-refractivity contribution in [2.75, 3.05) is 12.4 Å². The highest BCUT2D eigenvalue weighted by molar-refractivity contribution is 7.99. The van der Waals surface area contributed by atoms with Crippen LogP contribution >= 0.6 is 11.8 Å². The number of hydrogen-bond acceptors (Lipinski definition) is 5. The van der Waals surface area contributed by atoms with Gasteiger partial charge in [0.1, 0.15) is 5.52 Å². The zero-order chi connectivity index (χ0) is 14.2. The number of para-hydroxylation sites is 2. The first-order valence-corrected chi connectivity index (χ1v) is 7.92. The Labute approximate surface area is 122 Å². The highest BCUT2D eigenvalue weighted by Crippen LogP contribution is 2.24. The summed E-state index contributed by atoms with van der Waals surface area (Å²) in [5, 5.41) is 0.719. The van der Waals surface area contributed by atoms with E-state index in [9.17, 15) is 4.79 Å². The minimum atomic E-state index is -0.0981. The number of fused-ring (bicyclic) bond motifs is 1. The van der Waals surface area contributed by atoms with Crippen LogP contribution in [-0.2, 0) is 9.53 Å². The van der Waals surface area contributed by atoms with E-state index in [1.807, 2.05) is 31.2 Å². The molecule has 0 spiro atoms. The zero-order valence-corrected chi connectivity index (χ0v) is 12.4. The second kappa shape index (κ2) is 7.94. The summed E-state index contributed by atoms with van der Waals surface area (Å²) in [6, 6.07) is 7.76. The number of esters is 1. The minimum Gasteiger partial charge on any atom is -0.466 e. The number of unbranched alkanes of at least 4 members (excludes halogenated alkanes) is 2. The maximum atomic E-state index is 11.1. The number of hydrogen-bond donors (Lipinski definition) is 0. The third kappa shape index (κ3) is 4.56. The summed E-state index contributed by atoms with van der Waals surface area (Å²) in [5.41, 5.74) is 1.73. The maximum Gasteiger partial charge on any atom is 0.305 e. The topological polar surface area (TPSA) is 52.3 Å². The summed E-state index contributed by atoms with van der Waals surface area (Å²) in [4.78, 5) is 15.5. The molecular formula is C15H19NO3S. The standard InChI is InChI=1S/C15H19NO3S/c1-2-18-14(17)10-4-3-7-11-20-15-16-12-8-5-6-9-13(12)19-15/h5-6,8-9H,2-4,7,10-11H2,1H3. The number of nitrogens with zero attached hydrogens (tertiary/aromatic N) is 1. The molecule has 0 N–H and O–H groups in total. The highest BCUT2D eigenvalue weighted by atomic mass is 32.2. The van der Waals surface area contributed by atoms with E-state index < -0.39 is 0 Å². The molecule has 0 aliphatic carbocycles. The zero-order valence-electron chi connectivity index (χ0n) is 11.6. The summed E-state index contributed by atoms with van der Waals surface area (Å²) in [5.74, 6) is 0.856. The van der Waals surface area contributed by atoms with Crippen LogP contribution in [-0.4, -0.2) is 23.3 Å². The molecule has 5 heteroatoms. The SMILES string of the molecule is CCOC(=O)CCCCCSc1nc2ccccc2o1. The molecule has 108 valence electrons. The molecule has 2 rings (SSSR count). The van der Waals surface area contributed by atoms with Gasteiger partial charge in [-0.15, -0.1) is 0 Å². The molecule has 0 unspecified atom stereocenters. The van der Waals surface area contributed by atoms with Crippen LogP contribution in [0.5, 0.6) is 0 Å². The molecule has 0 saturated heterocycles. The van der Waals surface area contributed by atoms with Crippen LogP contribution in [0.3, 0.4) is 0 Å². The Morgan fingerprint density at radius 3 is 2.95 bits per heavy atom. The van der Waals surface area contributed by atoms with E-state index in [2.05, 4.69) is 4.98 Å². The van der Waals surface area contributed by atoms with E-state index in [0.717, 1.165) is 41.3 Å². The van der Waals surface area contributed by atoms with E-state index >= 15 is 0 Å². The van der Waals surface area contributed by atoms with Crippen LogP contribution in [0.1, 0.15) is 32.6 Å². The number of carbonyl (C=O) groups excluding carboxylic acids is 1. The largest absolute Gasteiger partial charge is 0.466 e. The second-order valence-corrected chi connectivity index (χ2v) is 5.46. The fourth-order valence-corrected chi connectivity index (χ4v) is 2.69. The van der Waals surface area contributed by atoms with E-state index in [4.69, 9.17) is 9.15 Å². The first-order chi connectivity index (χ1) is 9.79. The van der Waals surface area contributed by atoms with Crippen molar-refractivity contribution < 1.29 is 13.9 Å². The van der Waals surface area contributed by atoms with Gasteiger partial charge in [0, 0.05) is 12.2 Å². The number of benzene rings is 1. The second-order valence-electron chi connectivity index (χ2n) is 4.41. The lowest BCUT2D eigenvalue weighted by Crippen LogP contribution is -2.03. The Morgan fingerprint density at radius 1 is 1.30 bits per heavy atom. The molecule has 0 radical (unpaired) electrons. The minimum absolute atomic E-state index is 0.0981. The Morgan fingerprint density at radius 2 is 2.15 bits per heavy atom. The van der Waals surface area contributed by atoms with Crippen molar-refractivity contribution in [1.82, 2.24) is 4.98 Å². The Hall–Kier alpha value is -1.49. The number of oxazole rings is 1. The fourth-order valence-electron chi connectivity index (χ4n) is 1.85. The van der Waals surface area contributed by atoms with Gasteiger partial charge in [-0.25, -0.2) is 4.98 Å². The molecular weight excluding hydrogens is 274 g/mol. The number of thioether (sulfide) groups is 1. The molecule has 0 bridgehead atoms. The van der Waals surface area contributed by atoms with E-state index in [0.29, 0.717) is 13.0 Å². The quantitative estimate of drug-likeness (QED) is 0.417. The van der Waals surface area contributed by atoms with Crippen molar-refractivity contribution in [3.63, 3.8) is 0 Å². The first kappa shape index (κ1) is 14.9. The van der Waals surface area contributed by atoms with Crippen LogP contribution in [0.25, 0.3) is 11.1 Å². The molecule has 0 atom stereocenters. The molecule has 0 amide bonds. The van der Waals surface area contributed by atoms with Gasteiger partial charge in [-0.3, -0.25) is 4.79 Å². The lowest BCUT2D eigenvalue weighted by atomic mass is 10.2. The van der Waals surface area contributed by atoms with Crippen molar-refractivity contribution in [1.29, 1.82) is 0 Å². The molecule has 1 aromatic heterocycles. The van der Waals surface area contributed by atoms with Gasteiger partial charge in [0.05, 0.1) is 6.61 Å². The fraction of sp³-hybridized carbons (Fsp3) is 0.467. The third-order valence-corrected chi connectivity index (χ3v) is 3.74. The van der Waals surface area contributed by atoms with E-state index in [1.165, 1.54) is 0 Å². The van der Waals surface area contributed by atoms with Crippen LogP contribution in [0.15, 0.2) is 33.9 Å². The number of carbonyl (C=O) groups is 1. The molecule has 0 fully saturated rings. The number of ether oxygens (including phenoxy) is 1. The van der Waals surface area contributed by atoms with Gasteiger partial charge in [0.15, 0.2) is 5.58 Å². The summed E-state index contributed by atoms with van der Waals surface area (Å²) < 4.78 is 10.5. The predicted octanol–water partition coefficient (Wildman–Crippen LogP) is 4.04. The molecule has 4 nitrogen and oxygen atoms in total. The van der Waals surface area contributed by atoms with Gasteiger partial charge in [-0.05, 0) is 31.9 Å². The molecule has 1 aromatic carbocycles. The van der Waals surface area contributed by atoms with Crippen molar-refractivity contribution in [3.8, 4) is 0 Å². The molecule has 0 aliphatic heterocycles. The van der Waals surface area contributed by atoms with Gasteiger partial charge in [-0.1, -0.05) is 30.3 Å². The van der Waals surface area contributed by atoms with Crippen LogP contribution in [0, 0.1) is 0 Å². The Balaban J connectivity index is 1.62. The van der Waals surface area contributed by atoms with E-state index in [1.54, 1.807) is 11.8 Å². The van der Waals surface area contributed by atoms with Crippen molar-refractivity contribution in [2.24, 2.45) is 0 Å². The number of aromatic nitrogens is 1. The van der Waals surface area contributed by atoms with Gasteiger partial charge >= 0.3 is 5.97 Å². The van der Waals surface area contributed by atoms with Gasteiger partial charge in [0.2, 0.25) is 0 Å². The molecule has 0 aliphatic rings. The Bertz CT molecular complexity index is 520. The summed E-state index contributed by atoms with van der Waals surface area (Å²) in [6.45, 7) is 2.29. The van der Waals surface area contributed by atoms with Crippen molar-refractivity contribution in [3.05, 3.63) is 24.3 Å². The van der Waals surface area contributed by atoms with Crippen LogP contribution in [0.4, 0.5) is 0 Å². The van der Waals surface area contributed by atoms with Crippen molar-refractivity contribution in [2.45, 2.75) is 37.8 Å². The van der Waals surface area contributed by atoms with Crippen molar-refractivity contribution >= 4 is 28.8 Å². The molecule has 20 heavy (non-hydrogen) atoms. The molecule has 0 saturated carbocycles. The monoisotopic (exact) mass is 293 g/mol. The maximum absolute atomic E-state index is 11.1. The van der Waals surface area contributed by atoms with Gasteiger partial charge in [-0.2, -0.15) is 0 Å². The summed E-state index contributed by atoms with van der Waals surface area (Å²) in [6.07, 6.45) is 3.46. The average molecular weight is 293 g/mol. The average Bonchev–Trinajstić information content (AvgIpc) is 2.85. The van der Waals surface area contributed by atoms with Crippen LogP contribution < -0.4 is 0 Å². The smallest absolute Gasteiger partial charge is 0.305 e.